The number of aliphatic hydroxyl groups excluding tert-OH is 1. The highest BCUT2D eigenvalue weighted by Gasteiger charge is 2.08. The van der Waals surface area contributed by atoms with Crippen LogP contribution in [0, 0.1) is 0 Å². The normalized spacial score (nSPS) is 12.3. The fourth-order valence-electron chi connectivity index (χ4n) is 1.72. The molecule has 21 heavy (non-hydrogen) atoms. The molecule has 0 saturated heterocycles. The largest absolute Gasteiger partial charge is 0.497 e. The van der Waals surface area contributed by atoms with Gasteiger partial charge in [0, 0.05) is 13.1 Å². The Morgan fingerprint density at radius 3 is 2.71 bits per heavy atom. The number of nitrogens with zero attached hydrogens (tertiary/aromatic N) is 1. The molecular weight excluding hydrogens is 381 g/mol. The predicted molar refractivity (Wildman–Crippen MR) is 97.6 cm³/mol. The molecule has 0 heterocycles. The maximum Gasteiger partial charge on any atom is 0.191 e. The first-order chi connectivity index (χ1) is 9.71. The van der Waals surface area contributed by atoms with E-state index in [9.17, 15) is 5.11 Å². The molecule has 1 atom stereocenters. The van der Waals surface area contributed by atoms with Crippen molar-refractivity contribution in [3.8, 4) is 5.75 Å². The van der Waals surface area contributed by atoms with Gasteiger partial charge in [-0.25, -0.2) is 0 Å². The first-order valence-electron chi connectivity index (χ1n) is 7.05. The number of halogens is 1. The summed E-state index contributed by atoms with van der Waals surface area (Å²) in [6.07, 6.45) is 0.394. The van der Waals surface area contributed by atoms with Gasteiger partial charge >= 0.3 is 0 Å². The van der Waals surface area contributed by atoms with Crippen molar-refractivity contribution in [1.82, 2.24) is 10.6 Å². The molecule has 1 rings (SSSR count). The first-order valence-corrected chi connectivity index (χ1v) is 7.05. The van der Waals surface area contributed by atoms with Crippen LogP contribution in [0.4, 0.5) is 0 Å². The third-order valence-electron chi connectivity index (χ3n) is 2.79. The number of guanidine groups is 1. The van der Waals surface area contributed by atoms with Crippen LogP contribution in [-0.2, 0) is 0 Å². The Balaban J connectivity index is 0.00000400. The second kappa shape index (κ2) is 11.6. The van der Waals surface area contributed by atoms with Crippen LogP contribution < -0.4 is 15.4 Å². The summed E-state index contributed by atoms with van der Waals surface area (Å²) < 4.78 is 5.15. The van der Waals surface area contributed by atoms with Gasteiger partial charge in [-0.1, -0.05) is 19.1 Å². The minimum absolute atomic E-state index is 0. The second-order valence-electron chi connectivity index (χ2n) is 4.44. The lowest BCUT2D eigenvalue weighted by Gasteiger charge is -2.13. The lowest BCUT2D eigenvalue weighted by molar-refractivity contribution is 0.186. The fraction of sp³-hybridized carbons (Fsp3) is 0.533. The zero-order chi connectivity index (χ0) is 14.8. The Kier molecular flexibility index (Phi) is 11.1. The van der Waals surface area contributed by atoms with Crippen LogP contribution in [0.2, 0.25) is 0 Å². The van der Waals surface area contributed by atoms with E-state index >= 15 is 0 Å². The van der Waals surface area contributed by atoms with Crippen LogP contribution in [0.5, 0.6) is 5.75 Å². The Hall–Kier alpha value is -1.02. The molecule has 1 aromatic carbocycles. The third-order valence-corrected chi connectivity index (χ3v) is 2.79. The quantitative estimate of drug-likeness (QED) is 0.369. The first kappa shape index (κ1) is 20.0. The number of rotatable bonds is 7. The summed E-state index contributed by atoms with van der Waals surface area (Å²) in [5.74, 6) is 1.47. The molecule has 6 heteroatoms. The summed E-state index contributed by atoms with van der Waals surface area (Å²) in [5.41, 5.74) is 0.805. The molecule has 0 radical (unpaired) electrons. The van der Waals surface area contributed by atoms with Crippen molar-refractivity contribution in [2.45, 2.75) is 26.4 Å². The van der Waals surface area contributed by atoms with Crippen molar-refractivity contribution in [2.75, 3.05) is 26.7 Å². The molecule has 3 N–H and O–H groups in total. The number of aliphatic hydroxyl groups is 1. The highest BCUT2D eigenvalue weighted by atomic mass is 127. The van der Waals surface area contributed by atoms with Crippen molar-refractivity contribution < 1.29 is 9.84 Å². The molecule has 1 unspecified atom stereocenters. The summed E-state index contributed by atoms with van der Waals surface area (Å²) >= 11 is 0. The van der Waals surface area contributed by atoms with E-state index in [1.807, 2.05) is 31.2 Å². The van der Waals surface area contributed by atoms with Gasteiger partial charge in [0.25, 0.3) is 0 Å². The molecule has 0 spiro atoms. The number of hydrogen-bond donors (Lipinski definition) is 3. The third kappa shape index (κ3) is 7.52. The standard InChI is InChI=1S/C15H25N3O2.HI/c1-4-9-17-15(16-5-2)18-11-14(19)12-7-6-8-13(10-12)20-3;/h6-8,10,14,19H,4-5,9,11H2,1-3H3,(H2,16,17,18);1H. The molecule has 120 valence electrons. The topological polar surface area (TPSA) is 65.9 Å². The van der Waals surface area contributed by atoms with E-state index in [1.54, 1.807) is 7.11 Å². The van der Waals surface area contributed by atoms with Gasteiger partial charge in [-0.3, -0.25) is 4.99 Å². The molecule has 5 nitrogen and oxygen atoms in total. The average Bonchev–Trinajstić information content (AvgIpc) is 2.49. The van der Waals surface area contributed by atoms with Gasteiger partial charge < -0.3 is 20.5 Å². The van der Waals surface area contributed by atoms with Crippen LogP contribution in [-0.4, -0.2) is 37.8 Å². The van der Waals surface area contributed by atoms with Crippen LogP contribution in [0.15, 0.2) is 29.3 Å². The Bertz CT molecular complexity index is 427. The highest BCUT2D eigenvalue weighted by Crippen LogP contribution is 2.19. The van der Waals surface area contributed by atoms with Crippen LogP contribution in [0.3, 0.4) is 0 Å². The van der Waals surface area contributed by atoms with Crippen molar-refractivity contribution >= 4 is 29.9 Å². The van der Waals surface area contributed by atoms with Crippen LogP contribution >= 0.6 is 24.0 Å². The summed E-state index contributed by atoms with van der Waals surface area (Å²) in [5, 5.41) is 16.5. The summed E-state index contributed by atoms with van der Waals surface area (Å²) in [4.78, 5) is 4.39. The Morgan fingerprint density at radius 1 is 1.33 bits per heavy atom. The number of nitrogens with one attached hydrogen (secondary N) is 2. The number of benzene rings is 1. The van der Waals surface area contributed by atoms with Crippen molar-refractivity contribution in [1.29, 1.82) is 0 Å². The zero-order valence-electron chi connectivity index (χ0n) is 12.9. The number of hydrogen-bond acceptors (Lipinski definition) is 3. The van der Waals surface area contributed by atoms with Crippen LogP contribution in [0.1, 0.15) is 31.9 Å². The Morgan fingerprint density at radius 2 is 2.10 bits per heavy atom. The van der Waals surface area contributed by atoms with E-state index in [0.717, 1.165) is 36.8 Å². The maximum atomic E-state index is 10.2. The lowest BCUT2D eigenvalue weighted by atomic mass is 10.1. The second-order valence-corrected chi connectivity index (χ2v) is 4.44. The predicted octanol–water partition coefficient (Wildman–Crippen LogP) is 2.31. The van der Waals surface area contributed by atoms with E-state index < -0.39 is 6.10 Å². The smallest absolute Gasteiger partial charge is 0.191 e. The van der Waals surface area contributed by atoms with E-state index in [4.69, 9.17) is 4.74 Å². The van der Waals surface area contributed by atoms with Gasteiger partial charge in [-0.05, 0) is 31.0 Å². The highest BCUT2D eigenvalue weighted by molar-refractivity contribution is 14.0. The molecule has 0 aliphatic heterocycles. The van der Waals surface area contributed by atoms with E-state index in [0.29, 0.717) is 6.54 Å². The SMILES string of the molecule is CCCNC(=NCC(O)c1cccc(OC)c1)NCC.I. The summed E-state index contributed by atoms with van der Waals surface area (Å²) in [6.45, 7) is 6.08. The van der Waals surface area contributed by atoms with Gasteiger partial charge in [0.1, 0.15) is 5.75 Å². The number of methoxy groups -OCH3 is 1. The average molecular weight is 407 g/mol. The molecule has 0 aromatic heterocycles. The molecule has 0 fully saturated rings. The monoisotopic (exact) mass is 407 g/mol. The minimum atomic E-state index is -0.637. The van der Waals surface area contributed by atoms with Gasteiger partial charge in [0.15, 0.2) is 5.96 Å². The Labute approximate surface area is 144 Å². The van der Waals surface area contributed by atoms with Gasteiger partial charge in [0.05, 0.1) is 19.8 Å². The molecule has 0 aliphatic carbocycles. The number of ether oxygens (including phenoxy) is 1. The van der Waals surface area contributed by atoms with Crippen molar-refractivity contribution in [3.05, 3.63) is 29.8 Å². The van der Waals surface area contributed by atoms with Gasteiger partial charge in [0.2, 0.25) is 0 Å². The molecule has 0 bridgehead atoms. The molecule has 0 saturated carbocycles. The molecule has 0 amide bonds. The van der Waals surface area contributed by atoms with E-state index in [-0.39, 0.29) is 24.0 Å². The zero-order valence-corrected chi connectivity index (χ0v) is 15.3. The fourth-order valence-corrected chi connectivity index (χ4v) is 1.72. The summed E-state index contributed by atoms with van der Waals surface area (Å²) in [7, 11) is 1.61. The van der Waals surface area contributed by atoms with Gasteiger partial charge in [-0.15, -0.1) is 24.0 Å². The molecule has 0 aliphatic rings. The molecule has 1 aromatic rings. The van der Waals surface area contributed by atoms with Gasteiger partial charge in [-0.2, -0.15) is 0 Å². The van der Waals surface area contributed by atoms with Crippen LogP contribution in [0.25, 0.3) is 0 Å². The summed E-state index contributed by atoms with van der Waals surface area (Å²) in [6, 6.07) is 7.41. The van der Waals surface area contributed by atoms with E-state index in [2.05, 4.69) is 22.5 Å². The van der Waals surface area contributed by atoms with Crippen molar-refractivity contribution in [2.24, 2.45) is 4.99 Å². The maximum absolute atomic E-state index is 10.2. The van der Waals surface area contributed by atoms with Crippen molar-refractivity contribution in [3.63, 3.8) is 0 Å². The number of aliphatic imine (C=N–C) groups is 1. The molecular formula is C15H26IN3O2. The van der Waals surface area contributed by atoms with E-state index in [1.165, 1.54) is 0 Å². The minimum Gasteiger partial charge on any atom is -0.497 e. The lowest BCUT2D eigenvalue weighted by Crippen LogP contribution is -2.37.